The molecule has 0 aliphatic carbocycles. The number of hydrogen-bond acceptors (Lipinski definition) is 4. The first-order chi connectivity index (χ1) is 16.5. The molecule has 0 radical (unpaired) electrons. The Hall–Kier alpha value is -3.75. The van der Waals surface area contributed by atoms with Crippen LogP contribution in [0.1, 0.15) is 38.4 Å². The Bertz CT molecular complexity index is 1470. The molecular formula is C26H22ClN3O4S. The average Bonchev–Trinajstić information content (AvgIpc) is 3.06. The number of aromatic carboxylic acids is 1. The number of nitrogens with zero attached hydrogens (tertiary/aromatic N) is 2. The second-order valence-electron chi connectivity index (χ2n) is 8.31. The van der Waals surface area contributed by atoms with Crippen molar-refractivity contribution in [2.45, 2.75) is 27.7 Å². The SMILES string of the molecule is Cc1cc(C(=O)O)ccc1-n1c(C)cc(/C=C2\C(=O)NC(=S)N(c3cccc(Cl)c3C)C2=O)c1C. The van der Waals surface area contributed by atoms with E-state index in [4.69, 9.17) is 23.8 Å². The number of anilines is 1. The summed E-state index contributed by atoms with van der Waals surface area (Å²) in [5.41, 5.74) is 5.23. The maximum Gasteiger partial charge on any atom is 0.335 e. The molecule has 1 aliphatic heterocycles. The van der Waals surface area contributed by atoms with Crippen LogP contribution in [0, 0.1) is 27.7 Å². The van der Waals surface area contributed by atoms with Crippen molar-refractivity contribution in [2.24, 2.45) is 0 Å². The Kier molecular flexibility index (Phi) is 6.36. The van der Waals surface area contributed by atoms with Crippen molar-refractivity contribution >= 4 is 58.5 Å². The number of carboxylic acid groups (broad SMARTS) is 1. The van der Waals surface area contributed by atoms with Gasteiger partial charge >= 0.3 is 5.97 Å². The molecule has 0 atom stereocenters. The first-order valence-corrected chi connectivity index (χ1v) is 11.5. The third kappa shape index (κ3) is 4.26. The van der Waals surface area contributed by atoms with Crippen LogP contribution in [-0.4, -0.2) is 32.6 Å². The van der Waals surface area contributed by atoms with Gasteiger partial charge in [-0.15, -0.1) is 0 Å². The number of thiocarbonyl (C=S) groups is 1. The molecule has 2 aromatic carbocycles. The number of amides is 2. The largest absolute Gasteiger partial charge is 0.478 e. The molecule has 178 valence electrons. The van der Waals surface area contributed by atoms with Crippen LogP contribution >= 0.6 is 23.8 Å². The van der Waals surface area contributed by atoms with Crippen molar-refractivity contribution < 1.29 is 19.5 Å². The Balaban J connectivity index is 1.79. The molecule has 0 saturated carbocycles. The molecule has 4 rings (SSSR count). The van der Waals surface area contributed by atoms with E-state index < -0.39 is 17.8 Å². The van der Waals surface area contributed by atoms with Gasteiger partial charge in [-0.3, -0.25) is 19.8 Å². The zero-order valence-electron chi connectivity index (χ0n) is 19.5. The van der Waals surface area contributed by atoms with E-state index in [-0.39, 0.29) is 16.2 Å². The number of aryl methyl sites for hydroxylation is 2. The number of rotatable bonds is 4. The Labute approximate surface area is 212 Å². The van der Waals surface area contributed by atoms with E-state index in [2.05, 4.69) is 5.32 Å². The van der Waals surface area contributed by atoms with Crippen LogP contribution < -0.4 is 10.2 Å². The fourth-order valence-electron chi connectivity index (χ4n) is 4.21. The average molecular weight is 508 g/mol. The van der Waals surface area contributed by atoms with Gasteiger partial charge in [0.2, 0.25) is 0 Å². The van der Waals surface area contributed by atoms with Crippen LogP contribution in [0.3, 0.4) is 0 Å². The molecule has 1 saturated heterocycles. The lowest BCUT2D eigenvalue weighted by Gasteiger charge is -2.30. The maximum absolute atomic E-state index is 13.4. The number of benzene rings is 2. The molecule has 0 bridgehead atoms. The van der Waals surface area contributed by atoms with Gasteiger partial charge in [0, 0.05) is 22.1 Å². The fourth-order valence-corrected chi connectivity index (χ4v) is 4.66. The summed E-state index contributed by atoms with van der Waals surface area (Å²) in [5.74, 6) is -2.12. The summed E-state index contributed by atoms with van der Waals surface area (Å²) < 4.78 is 1.96. The van der Waals surface area contributed by atoms with E-state index >= 15 is 0 Å². The van der Waals surface area contributed by atoms with Crippen molar-refractivity contribution in [3.8, 4) is 5.69 Å². The van der Waals surface area contributed by atoms with Crippen LogP contribution in [0.4, 0.5) is 5.69 Å². The summed E-state index contributed by atoms with van der Waals surface area (Å²) in [6, 6.07) is 11.9. The molecule has 0 spiro atoms. The van der Waals surface area contributed by atoms with Crippen LogP contribution in [-0.2, 0) is 9.59 Å². The minimum atomic E-state index is -0.995. The molecule has 1 aromatic heterocycles. The first-order valence-electron chi connectivity index (χ1n) is 10.7. The van der Waals surface area contributed by atoms with Gasteiger partial charge in [0.1, 0.15) is 5.57 Å². The molecule has 9 heteroatoms. The molecular weight excluding hydrogens is 486 g/mol. The summed E-state index contributed by atoms with van der Waals surface area (Å²) in [6.45, 7) is 7.39. The normalized spacial score (nSPS) is 15.1. The number of carboxylic acids is 1. The lowest BCUT2D eigenvalue weighted by atomic mass is 10.1. The van der Waals surface area contributed by atoms with Gasteiger partial charge in [-0.2, -0.15) is 0 Å². The molecule has 35 heavy (non-hydrogen) atoms. The third-order valence-electron chi connectivity index (χ3n) is 6.04. The summed E-state index contributed by atoms with van der Waals surface area (Å²) in [7, 11) is 0. The summed E-state index contributed by atoms with van der Waals surface area (Å²) >= 11 is 11.5. The van der Waals surface area contributed by atoms with Crippen LogP contribution in [0.2, 0.25) is 5.02 Å². The van der Waals surface area contributed by atoms with E-state index in [9.17, 15) is 19.5 Å². The number of carbonyl (C=O) groups excluding carboxylic acids is 2. The van der Waals surface area contributed by atoms with E-state index in [1.165, 1.54) is 4.90 Å². The van der Waals surface area contributed by atoms with Gasteiger partial charge < -0.3 is 9.67 Å². The molecule has 1 aliphatic rings. The molecule has 2 amide bonds. The molecule has 1 fully saturated rings. The number of carbonyl (C=O) groups is 3. The highest BCUT2D eigenvalue weighted by Gasteiger charge is 2.35. The van der Waals surface area contributed by atoms with Crippen molar-refractivity contribution in [1.29, 1.82) is 0 Å². The predicted octanol–water partition coefficient (Wildman–Crippen LogP) is 4.89. The number of hydrogen-bond donors (Lipinski definition) is 2. The summed E-state index contributed by atoms with van der Waals surface area (Å²) in [4.78, 5) is 38.8. The van der Waals surface area contributed by atoms with Gasteiger partial charge in [-0.1, -0.05) is 17.7 Å². The molecule has 7 nitrogen and oxygen atoms in total. The van der Waals surface area contributed by atoms with Crippen molar-refractivity contribution in [3.63, 3.8) is 0 Å². The third-order valence-corrected chi connectivity index (χ3v) is 6.73. The highest BCUT2D eigenvalue weighted by Crippen LogP contribution is 2.31. The van der Waals surface area contributed by atoms with E-state index in [0.717, 1.165) is 22.6 Å². The van der Waals surface area contributed by atoms with E-state index in [1.807, 2.05) is 31.4 Å². The molecule has 2 heterocycles. The quantitative estimate of drug-likeness (QED) is 0.298. The van der Waals surface area contributed by atoms with Crippen molar-refractivity contribution in [1.82, 2.24) is 9.88 Å². The molecule has 0 unspecified atom stereocenters. The first kappa shape index (κ1) is 24.4. The van der Waals surface area contributed by atoms with E-state index in [1.54, 1.807) is 49.4 Å². The second-order valence-corrected chi connectivity index (χ2v) is 9.10. The number of nitrogens with one attached hydrogen (secondary N) is 1. The van der Waals surface area contributed by atoms with Gasteiger partial charge in [0.05, 0.1) is 11.3 Å². The highest BCUT2D eigenvalue weighted by atomic mass is 35.5. The van der Waals surface area contributed by atoms with Gasteiger partial charge in [0.15, 0.2) is 5.11 Å². The summed E-state index contributed by atoms with van der Waals surface area (Å²) in [5, 5.41) is 12.3. The molecule has 3 aromatic rings. The minimum Gasteiger partial charge on any atom is -0.478 e. The van der Waals surface area contributed by atoms with Crippen LogP contribution in [0.5, 0.6) is 0 Å². The Morgan fingerprint density at radius 3 is 2.43 bits per heavy atom. The predicted molar refractivity (Wildman–Crippen MR) is 139 cm³/mol. The van der Waals surface area contributed by atoms with Crippen molar-refractivity contribution in [2.75, 3.05) is 4.90 Å². The zero-order valence-corrected chi connectivity index (χ0v) is 21.0. The number of halogens is 1. The van der Waals surface area contributed by atoms with Crippen LogP contribution in [0.15, 0.2) is 48.0 Å². The standard InChI is InChI=1S/C26H22ClN3O4S/c1-13-10-17(25(33)34)8-9-21(13)29-14(2)11-18(16(29)4)12-19-23(31)28-26(35)30(24(19)32)22-7-5-6-20(27)15(22)3/h5-12H,1-4H3,(H,33,34)(H,28,31,35)/b19-12+. The van der Waals surface area contributed by atoms with Crippen LogP contribution in [0.25, 0.3) is 11.8 Å². The maximum atomic E-state index is 13.4. The monoisotopic (exact) mass is 507 g/mol. The smallest absolute Gasteiger partial charge is 0.335 e. The van der Waals surface area contributed by atoms with Gasteiger partial charge in [-0.05, 0) is 99.1 Å². The van der Waals surface area contributed by atoms with E-state index in [0.29, 0.717) is 21.8 Å². The van der Waals surface area contributed by atoms with Gasteiger partial charge in [-0.25, -0.2) is 4.79 Å². The Morgan fingerprint density at radius 2 is 1.77 bits per heavy atom. The molecule has 2 N–H and O–H groups in total. The number of aromatic nitrogens is 1. The lowest BCUT2D eigenvalue weighted by molar-refractivity contribution is -0.122. The minimum absolute atomic E-state index is 0.0119. The second kappa shape index (κ2) is 9.13. The van der Waals surface area contributed by atoms with Gasteiger partial charge in [0.25, 0.3) is 11.8 Å². The Morgan fingerprint density at radius 1 is 1.06 bits per heavy atom. The fraction of sp³-hybridized carbons (Fsp3) is 0.154. The summed E-state index contributed by atoms with van der Waals surface area (Å²) in [6.07, 6.45) is 1.55. The zero-order chi connectivity index (χ0) is 25.6. The topological polar surface area (TPSA) is 91.6 Å². The lowest BCUT2D eigenvalue weighted by Crippen LogP contribution is -2.54. The highest BCUT2D eigenvalue weighted by molar-refractivity contribution is 7.80. The van der Waals surface area contributed by atoms with Crippen molar-refractivity contribution in [3.05, 3.63) is 86.7 Å².